The van der Waals surface area contributed by atoms with Crippen LogP contribution in [0.2, 0.25) is 0 Å². The summed E-state index contributed by atoms with van der Waals surface area (Å²) in [5, 5.41) is 8.94. The van der Waals surface area contributed by atoms with Crippen molar-refractivity contribution in [2.24, 2.45) is 5.10 Å². The Morgan fingerprint density at radius 3 is 2.50 bits per heavy atom. The minimum atomic E-state index is -3.70. The molecule has 0 radical (unpaired) electrons. The first kappa shape index (κ1) is 27.1. The molecule has 10 nitrogen and oxygen atoms in total. The average molecular weight is 560 g/mol. The van der Waals surface area contributed by atoms with Crippen molar-refractivity contribution < 1.29 is 22.7 Å². The van der Waals surface area contributed by atoms with E-state index in [0.717, 1.165) is 11.3 Å². The molecule has 40 heavy (non-hydrogen) atoms. The first-order valence-corrected chi connectivity index (χ1v) is 14.3. The first-order valence-electron chi connectivity index (χ1n) is 12.9. The van der Waals surface area contributed by atoms with Crippen LogP contribution in [0.3, 0.4) is 0 Å². The van der Waals surface area contributed by atoms with Gasteiger partial charge in [-0.3, -0.25) is 4.79 Å². The molecule has 0 bridgehead atoms. The van der Waals surface area contributed by atoms with E-state index < -0.39 is 15.9 Å². The van der Waals surface area contributed by atoms with Crippen molar-refractivity contribution in [3.63, 3.8) is 0 Å². The van der Waals surface area contributed by atoms with E-state index in [1.54, 1.807) is 30.7 Å². The second-order valence-corrected chi connectivity index (χ2v) is 10.8. The molecule has 11 heteroatoms. The maximum absolute atomic E-state index is 12.9. The molecule has 0 saturated heterocycles. The van der Waals surface area contributed by atoms with Crippen molar-refractivity contribution >= 4 is 22.1 Å². The first-order chi connectivity index (χ1) is 19.4. The van der Waals surface area contributed by atoms with E-state index >= 15 is 0 Å². The molecular weight excluding hydrogens is 530 g/mol. The van der Waals surface area contributed by atoms with Crippen LogP contribution in [0.5, 0.6) is 11.5 Å². The highest BCUT2D eigenvalue weighted by Gasteiger charge is 2.22. The smallest absolute Gasteiger partial charge is 0.271 e. The summed E-state index contributed by atoms with van der Waals surface area (Å²) in [5.74, 6) is 0.767. The minimum absolute atomic E-state index is 0.0536. The fourth-order valence-electron chi connectivity index (χ4n) is 4.35. The predicted octanol–water partition coefficient (Wildman–Crippen LogP) is 4.10. The number of hydrogen-bond acceptors (Lipinski definition) is 7. The number of hydrazone groups is 1. The third-order valence-corrected chi connectivity index (χ3v) is 8.43. The largest absolute Gasteiger partial charge is 0.486 e. The minimum Gasteiger partial charge on any atom is -0.486 e. The van der Waals surface area contributed by atoms with Gasteiger partial charge in [0.05, 0.1) is 16.8 Å². The van der Waals surface area contributed by atoms with Crippen LogP contribution in [-0.2, 0) is 10.0 Å². The van der Waals surface area contributed by atoms with Gasteiger partial charge in [-0.15, -0.1) is 0 Å². The van der Waals surface area contributed by atoms with Gasteiger partial charge in [-0.2, -0.15) is 14.5 Å². The summed E-state index contributed by atoms with van der Waals surface area (Å²) in [6, 6.07) is 21.1. The molecule has 0 saturated carbocycles. The topological polar surface area (TPSA) is 115 Å². The molecule has 0 fully saturated rings. The third-order valence-electron chi connectivity index (χ3n) is 6.39. The number of nitrogens with zero attached hydrogens (tertiary/aromatic N) is 4. The van der Waals surface area contributed by atoms with Gasteiger partial charge in [0.15, 0.2) is 11.5 Å². The van der Waals surface area contributed by atoms with Gasteiger partial charge in [-0.05, 0) is 48.5 Å². The molecule has 0 unspecified atom stereocenters. The van der Waals surface area contributed by atoms with E-state index in [9.17, 15) is 13.2 Å². The van der Waals surface area contributed by atoms with Gasteiger partial charge in [0.2, 0.25) is 10.0 Å². The third kappa shape index (κ3) is 5.61. The number of sulfonamides is 1. The van der Waals surface area contributed by atoms with Gasteiger partial charge < -0.3 is 9.47 Å². The maximum Gasteiger partial charge on any atom is 0.271 e. The molecular formula is C29H29N5O5S. The predicted molar refractivity (Wildman–Crippen MR) is 152 cm³/mol. The molecule has 3 aromatic carbocycles. The second kappa shape index (κ2) is 11.7. The summed E-state index contributed by atoms with van der Waals surface area (Å²) in [5.41, 5.74) is 5.61. The summed E-state index contributed by atoms with van der Waals surface area (Å²) >= 11 is 0. The number of para-hydroxylation sites is 1. The molecule has 4 aromatic rings. The number of aromatic nitrogens is 2. The monoisotopic (exact) mass is 559 g/mol. The normalized spacial score (nSPS) is 13.1. The fraction of sp³-hybridized carbons (Fsp3) is 0.207. The van der Waals surface area contributed by atoms with E-state index in [1.807, 2.05) is 54.7 Å². The average Bonchev–Trinajstić information content (AvgIpc) is 3.42. The molecule has 0 aliphatic carbocycles. The van der Waals surface area contributed by atoms with E-state index in [4.69, 9.17) is 14.6 Å². The van der Waals surface area contributed by atoms with Crippen molar-refractivity contribution in [3.05, 3.63) is 90.1 Å². The number of rotatable bonds is 9. The van der Waals surface area contributed by atoms with Crippen molar-refractivity contribution in [1.82, 2.24) is 19.5 Å². The van der Waals surface area contributed by atoms with Crippen LogP contribution in [0.4, 0.5) is 0 Å². The van der Waals surface area contributed by atoms with E-state index in [2.05, 4.69) is 10.5 Å². The quantitative estimate of drug-likeness (QED) is 0.244. The molecule has 1 N–H and O–H groups in total. The number of hydrogen-bond donors (Lipinski definition) is 1. The number of benzene rings is 3. The van der Waals surface area contributed by atoms with Crippen LogP contribution in [-0.4, -0.2) is 60.9 Å². The van der Waals surface area contributed by atoms with Crippen molar-refractivity contribution in [2.45, 2.75) is 18.7 Å². The Balaban J connectivity index is 1.42. The SMILES string of the molecule is CCN(CC)S(=O)(=O)c1cccc(C(=O)N/N=C\c2cn(-c3ccccc3)nc2-c2ccc3c(c2)OCCO3)c1. The molecule has 1 aliphatic rings. The van der Waals surface area contributed by atoms with Gasteiger partial charge >= 0.3 is 0 Å². The lowest BCUT2D eigenvalue weighted by Gasteiger charge is -2.18. The Kier molecular flexibility index (Phi) is 7.94. The Labute approximate surface area is 232 Å². The summed E-state index contributed by atoms with van der Waals surface area (Å²) in [6.45, 7) is 5.17. The molecule has 0 spiro atoms. The molecule has 1 aliphatic heterocycles. The number of fused-ring (bicyclic) bond motifs is 1. The number of carbonyl (C=O) groups is 1. The summed E-state index contributed by atoms with van der Waals surface area (Å²) in [6.07, 6.45) is 3.32. The number of ether oxygens (including phenoxy) is 2. The molecule has 5 rings (SSSR count). The van der Waals surface area contributed by atoms with Gasteiger partial charge in [0.1, 0.15) is 18.9 Å². The highest BCUT2D eigenvalue weighted by molar-refractivity contribution is 7.89. The molecule has 1 amide bonds. The second-order valence-electron chi connectivity index (χ2n) is 8.89. The fourth-order valence-corrected chi connectivity index (χ4v) is 5.85. The zero-order valence-electron chi connectivity index (χ0n) is 22.1. The molecule has 1 aromatic heterocycles. The van der Waals surface area contributed by atoms with Crippen LogP contribution in [0, 0.1) is 0 Å². The molecule has 2 heterocycles. The lowest BCUT2D eigenvalue weighted by Crippen LogP contribution is -2.30. The number of carbonyl (C=O) groups excluding carboxylic acids is 1. The lowest BCUT2D eigenvalue weighted by molar-refractivity contribution is 0.0955. The van der Waals surface area contributed by atoms with Gasteiger partial charge in [0.25, 0.3) is 5.91 Å². The van der Waals surface area contributed by atoms with E-state index in [-0.39, 0.29) is 10.5 Å². The summed E-state index contributed by atoms with van der Waals surface area (Å²) in [4.78, 5) is 12.9. The summed E-state index contributed by atoms with van der Waals surface area (Å²) < 4.78 is 40.2. The van der Waals surface area contributed by atoms with Crippen LogP contribution in [0.25, 0.3) is 16.9 Å². The van der Waals surface area contributed by atoms with Crippen molar-refractivity contribution in [1.29, 1.82) is 0 Å². The van der Waals surface area contributed by atoms with Crippen LogP contribution in [0.15, 0.2) is 89.0 Å². The summed E-state index contributed by atoms with van der Waals surface area (Å²) in [7, 11) is -3.70. The van der Waals surface area contributed by atoms with Crippen LogP contribution < -0.4 is 14.9 Å². The standard InChI is InChI=1S/C29H29N5O5S/c1-3-33(4-2)40(36,37)25-12-8-9-22(17-25)29(35)31-30-19-23-20-34(24-10-6-5-7-11-24)32-28(23)21-13-14-26-27(18-21)39-16-15-38-26/h5-14,17-20H,3-4,15-16H2,1-2H3,(H,31,35)/b30-19-. The van der Waals surface area contributed by atoms with Crippen molar-refractivity contribution in [2.75, 3.05) is 26.3 Å². The molecule has 0 atom stereocenters. The number of amides is 1. The van der Waals surface area contributed by atoms with Crippen molar-refractivity contribution in [3.8, 4) is 28.4 Å². The zero-order chi connectivity index (χ0) is 28.1. The Bertz CT molecular complexity index is 1650. The highest BCUT2D eigenvalue weighted by atomic mass is 32.2. The highest BCUT2D eigenvalue weighted by Crippen LogP contribution is 2.35. The Morgan fingerprint density at radius 1 is 1.00 bits per heavy atom. The maximum atomic E-state index is 12.9. The molecule has 206 valence electrons. The Hall–Kier alpha value is -4.48. The Morgan fingerprint density at radius 2 is 1.75 bits per heavy atom. The van der Waals surface area contributed by atoms with Gasteiger partial charge in [0, 0.05) is 36.0 Å². The van der Waals surface area contributed by atoms with Gasteiger partial charge in [-0.1, -0.05) is 38.1 Å². The van der Waals surface area contributed by atoms with Gasteiger partial charge in [-0.25, -0.2) is 18.5 Å². The lowest BCUT2D eigenvalue weighted by atomic mass is 10.1. The number of nitrogens with one attached hydrogen (secondary N) is 1. The van der Waals surface area contributed by atoms with E-state index in [1.165, 1.54) is 22.7 Å². The van der Waals surface area contributed by atoms with Crippen LogP contribution in [0.1, 0.15) is 29.8 Å². The zero-order valence-corrected chi connectivity index (χ0v) is 23.0. The van der Waals surface area contributed by atoms with Crippen LogP contribution >= 0.6 is 0 Å². The van der Waals surface area contributed by atoms with E-state index in [0.29, 0.717) is 49.1 Å².